The van der Waals surface area contributed by atoms with Gasteiger partial charge in [0.1, 0.15) is 5.75 Å². The van der Waals surface area contributed by atoms with Crippen LogP contribution in [0.25, 0.3) is 21.5 Å². The third-order valence-corrected chi connectivity index (χ3v) is 6.35. The Labute approximate surface area is 168 Å². The number of hydrogen-bond donors (Lipinski definition) is 0. The lowest BCUT2D eigenvalue weighted by molar-refractivity contribution is 0.292. The molecule has 0 spiro atoms. The molecule has 0 amide bonds. The summed E-state index contributed by atoms with van der Waals surface area (Å²) in [5, 5.41) is 3.33. The average Bonchev–Trinajstić information content (AvgIpc) is 3.21. The zero-order valence-electron chi connectivity index (χ0n) is 15.9. The summed E-state index contributed by atoms with van der Waals surface area (Å²) in [5.41, 5.74) is 5.01. The van der Waals surface area contributed by atoms with Crippen LogP contribution in [0.1, 0.15) is 22.6 Å². The highest BCUT2D eigenvalue weighted by Crippen LogP contribution is 2.42. The first-order valence-corrected chi connectivity index (χ1v) is 10.3. The van der Waals surface area contributed by atoms with Crippen LogP contribution in [0.4, 0.5) is 0 Å². The first-order valence-electron chi connectivity index (χ1n) is 9.37. The fraction of sp³-hybridized carbons (Fsp3) is 0.217. The quantitative estimate of drug-likeness (QED) is 0.499. The standard InChI is InChI=1S/C23H21N3OS/c1-26-13-16-12-15(23-24-9-3-10-25-23)4-5-17(16)20(14-26)18-6-7-21-19(8-11-28-21)22(18)27-2/h3-12,20H,13-14H2,1-2H3. The Kier molecular flexibility index (Phi) is 4.34. The smallest absolute Gasteiger partial charge is 0.159 e. The van der Waals surface area contributed by atoms with Gasteiger partial charge in [-0.3, -0.25) is 0 Å². The molecule has 1 atom stereocenters. The third kappa shape index (κ3) is 2.87. The molecule has 4 nitrogen and oxygen atoms in total. The van der Waals surface area contributed by atoms with Crippen molar-refractivity contribution in [2.75, 3.05) is 20.7 Å². The van der Waals surface area contributed by atoms with Gasteiger partial charge in [-0.25, -0.2) is 9.97 Å². The van der Waals surface area contributed by atoms with E-state index in [-0.39, 0.29) is 5.92 Å². The Bertz CT molecular complexity index is 1140. The topological polar surface area (TPSA) is 38.2 Å². The number of likely N-dealkylation sites (N-methyl/N-ethyl adjacent to an activating group) is 1. The molecule has 2 aromatic heterocycles. The SMILES string of the molecule is COc1c(C2CN(C)Cc3cc(-c4ncccn4)ccc32)ccc2sccc12. The lowest BCUT2D eigenvalue weighted by Gasteiger charge is -2.33. The minimum absolute atomic E-state index is 0.277. The van der Waals surface area contributed by atoms with Gasteiger partial charge in [0.05, 0.1) is 7.11 Å². The molecule has 3 heterocycles. The Hall–Kier alpha value is -2.76. The summed E-state index contributed by atoms with van der Waals surface area (Å²) >= 11 is 1.75. The van der Waals surface area contributed by atoms with Crippen LogP contribution in [0.2, 0.25) is 0 Å². The van der Waals surface area contributed by atoms with Gasteiger partial charge < -0.3 is 9.64 Å². The van der Waals surface area contributed by atoms with Crippen LogP contribution >= 0.6 is 11.3 Å². The van der Waals surface area contributed by atoms with E-state index >= 15 is 0 Å². The van der Waals surface area contributed by atoms with E-state index in [4.69, 9.17) is 4.74 Å². The van der Waals surface area contributed by atoms with Crippen molar-refractivity contribution in [1.82, 2.24) is 14.9 Å². The fourth-order valence-electron chi connectivity index (χ4n) is 4.24. The molecule has 0 aliphatic carbocycles. The molecule has 0 fully saturated rings. The van der Waals surface area contributed by atoms with Crippen molar-refractivity contribution in [3.05, 3.63) is 76.9 Å². The molecule has 1 unspecified atom stereocenters. The third-order valence-electron chi connectivity index (χ3n) is 5.47. The molecule has 2 aromatic carbocycles. The molecule has 5 rings (SSSR count). The molecule has 5 heteroatoms. The fourth-order valence-corrected chi connectivity index (χ4v) is 5.02. The summed E-state index contributed by atoms with van der Waals surface area (Å²) in [5.74, 6) is 2.05. The molecule has 0 saturated heterocycles. The van der Waals surface area contributed by atoms with Crippen molar-refractivity contribution in [2.24, 2.45) is 0 Å². The number of hydrogen-bond acceptors (Lipinski definition) is 5. The molecule has 0 bridgehead atoms. The van der Waals surface area contributed by atoms with Crippen molar-refractivity contribution < 1.29 is 4.74 Å². The number of methoxy groups -OCH3 is 1. The van der Waals surface area contributed by atoms with E-state index in [1.165, 1.54) is 26.8 Å². The van der Waals surface area contributed by atoms with Crippen LogP contribution in [-0.4, -0.2) is 35.6 Å². The predicted molar refractivity (Wildman–Crippen MR) is 114 cm³/mol. The molecule has 140 valence electrons. The van der Waals surface area contributed by atoms with Gasteiger partial charge in [0.15, 0.2) is 5.82 Å². The number of rotatable bonds is 3. The number of ether oxygens (including phenoxy) is 1. The Morgan fingerprint density at radius 3 is 2.71 bits per heavy atom. The van der Waals surface area contributed by atoms with Gasteiger partial charge in [-0.05, 0) is 47.8 Å². The van der Waals surface area contributed by atoms with Gasteiger partial charge in [0.2, 0.25) is 0 Å². The van der Waals surface area contributed by atoms with Gasteiger partial charge >= 0.3 is 0 Å². The maximum absolute atomic E-state index is 5.88. The van der Waals surface area contributed by atoms with Crippen molar-refractivity contribution in [3.63, 3.8) is 0 Å². The first-order chi connectivity index (χ1) is 13.7. The second-order valence-electron chi connectivity index (χ2n) is 7.26. The normalized spacial score (nSPS) is 16.9. The number of fused-ring (bicyclic) bond motifs is 2. The van der Waals surface area contributed by atoms with Crippen LogP contribution in [0.15, 0.2) is 60.2 Å². The van der Waals surface area contributed by atoms with Gasteiger partial charge in [-0.15, -0.1) is 11.3 Å². The lowest BCUT2D eigenvalue weighted by atomic mass is 9.83. The summed E-state index contributed by atoms with van der Waals surface area (Å²) in [4.78, 5) is 11.2. The molecule has 1 aliphatic rings. The highest BCUT2D eigenvalue weighted by Gasteiger charge is 2.28. The van der Waals surface area contributed by atoms with E-state index in [9.17, 15) is 0 Å². The van der Waals surface area contributed by atoms with Crippen LogP contribution in [-0.2, 0) is 6.54 Å². The van der Waals surface area contributed by atoms with Crippen LogP contribution in [0.5, 0.6) is 5.75 Å². The molecule has 1 aliphatic heterocycles. The predicted octanol–water partition coefficient (Wildman–Crippen LogP) is 4.94. The number of aromatic nitrogens is 2. The number of nitrogens with zero attached hydrogens (tertiary/aromatic N) is 3. The molecule has 0 N–H and O–H groups in total. The highest BCUT2D eigenvalue weighted by atomic mass is 32.1. The van der Waals surface area contributed by atoms with Crippen molar-refractivity contribution >= 4 is 21.4 Å². The lowest BCUT2D eigenvalue weighted by Crippen LogP contribution is -2.31. The van der Waals surface area contributed by atoms with Crippen LogP contribution < -0.4 is 4.74 Å². The van der Waals surface area contributed by atoms with Crippen molar-refractivity contribution in [3.8, 4) is 17.1 Å². The summed E-state index contributed by atoms with van der Waals surface area (Å²) in [6, 6.07) is 15.1. The maximum atomic E-state index is 5.88. The number of benzene rings is 2. The van der Waals surface area contributed by atoms with E-state index in [0.717, 1.165) is 30.2 Å². The molecular weight excluding hydrogens is 366 g/mol. The molecule has 4 aromatic rings. The van der Waals surface area contributed by atoms with Crippen LogP contribution in [0.3, 0.4) is 0 Å². The zero-order chi connectivity index (χ0) is 19.1. The molecule has 28 heavy (non-hydrogen) atoms. The van der Waals surface area contributed by atoms with Crippen LogP contribution in [0, 0.1) is 0 Å². The molecular formula is C23H21N3OS. The van der Waals surface area contributed by atoms with Gasteiger partial charge in [-0.2, -0.15) is 0 Å². The minimum atomic E-state index is 0.277. The second kappa shape index (κ2) is 7.00. The van der Waals surface area contributed by atoms with E-state index in [1.54, 1.807) is 30.8 Å². The molecule has 0 radical (unpaired) electrons. The number of thiophene rings is 1. The van der Waals surface area contributed by atoms with Crippen molar-refractivity contribution in [2.45, 2.75) is 12.5 Å². The largest absolute Gasteiger partial charge is 0.496 e. The second-order valence-corrected chi connectivity index (χ2v) is 8.20. The highest BCUT2D eigenvalue weighted by molar-refractivity contribution is 7.17. The van der Waals surface area contributed by atoms with E-state index in [1.807, 2.05) is 6.07 Å². The maximum Gasteiger partial charge on any atom is 0.159 e. The summed E-state index contributed by atoms with van der Waals surface area (Å²) in [6.45, 7) is 1.90. The molecule has 0 saturated carbocycles. The van der Waals surface area contributed by atoms with Crippen molar-refractivity contribution in [1.29, 1.82) is 0 Å². The first kappa shape index (κ1) is 17.3. The monoisotopic (exact) mass is 387 g/mol. The summed E-state index contributed by atoms with van der Waals surface area (Å²) in [7, 11) is 3.95. The van der Waals surface area contributed by atoms with Gasteiger partial charge in [0, 0.05) is 52.6 Å². The van der Waals surface area contributed by atoms with E-state index < -0.39 is 0 Å². The average molecular weight is 388 g/mol. The summed E-state index contributed by atoms with van der Waals surface area (Å²) in [6.07, 6.45) is 3.58. The van der Waals surface area contributed by atoms with Gasteiger partial charge in [0.25, 0.3) is 0 Å². The Morgan fingerprint density at radius 2 is 1.89 bits per heavy atom. The van der Waals surface area contributed by atoms with E-state index in [0.29, 0.717) is 0 Å². The Morgan fingerprint density at radius 1 is 1.07 bits per heavy atom. The minimum Gasteiger partial charge on any atom is -0.496 e. The van der Waals surface area contributed by atoms with E-state index in [2.05, 4.69) is 63.7 Å². The zero-order valence-corrected chi connectivity index (χ0v) is 16.7. The van der Waals surface area contributed by atoms with Gasteiger partial charge in [-0.1, -0.05) is 18.2 Å². The Balaban J connectivity index is 1.64. The summed E-state index contributed by atoms with van der Waals surface area (Å²) < 4.78 is 7.15.